The van der Waals surface area contributed by atoms with Gasteiger partial charge in [0.2, 0.25) is 0 Å². The molecule has 0 fully saturated rings. The van der Waals surface area contributed by atoms with Crippen LogP contribution in [0.1, 0.15) is 16.5 Å². The number of hydrogen-bond donors (Lipinski definition) is 0. The Labute approximate surface area is 121 Å². The van der Waals surface area contributed by atoms with Crippen molar-refractivity contribution >= 4 is 23.2 Å². The lowest BCUT2D eigenvalue weighted by Gasteiger charge is -2.12. The van der Waals surface area contributed by atoms with Gasteiger partial charge in [-0.3, -0.25) is 0 Å². The Balaban J connectivity index is 2.15. The van der Waals surface area contributed by atoms with E-state index in [1.54, 1.807) is 24.3 Å². The molecule has 1 unspecified atom stereocenters. The predicted octanol–water partition coefficient (Wildman–Crippen LogP) is 5.01. The summed E-state index contributed by atoms with van der Waals surface area (Å²) in [6.45, 7) is 0. The summed E-state index contributed by atoms with van der Waals surface area (Å²) in [4.78, 5) is 0. The van der Waals surface area contributed by atoms with Crippen molar-refractivity contribution in [1.29, 1.82) is 0 Å². The minimum Gasteiger partial charge on any atom is -0.497 e. The van der Waals surface area contributed by atoms with E-state index in [-0.39, 0.29) is 5.82 Å². The van der Waals surface area contributed by atoms with Gasteiger partial charge in [0.15, 0.2) is 0 Å². The van der Waals surface area contributed by atoms with Crippen molar-refractivity contribution in [2.45, 2.75) is 11.8 Å². The molecule has 0 saturated heterocycles. The molecule has 0 aliphatic carbocycles. The minimum absolute atomic E-state index is 0.353. The third kappa shape index (κ3) is 3.62. The summed E-state index contributed by atoms with van der Waals surface area (Å²) in [5.74, 6) is 0.130. The lowest BCUT2D eigenvalue weighted by molar-refractivity contribution is 0.410. The van der Waals surface area contributed by atoms with Gasteiger partial charge in [-0.25, -0.2) is 4.39 Å². The van der Waals surface area contributed by atoms with Crippen molar-refractivity contribution < 1.29 is 9.13 Å². The van der Waals surface area contributed by atoms with Crippen molar-refractivity contribution in [3.05, 3.63) is 64.4 Å². The van der Waals surface area contributed by atoms with Crippen molar-refractivity contribution in [3.63, 3.8) is 0 Å². The molecule has 0 heterocycles. The summed E-state index contributed by atoms with van der Waals surface area (Å²) in [5.41, 5.74) is 1.48. The molecule has 100 valence electrons. The van der Waals surface area contributed by atoms with E-state index in [1.807, 2.05) is 12.1 Å². The van der Waals surface area contributed by atoms with E-state index < -0.39 is 5.38 Å². The highest BCUT2D eigenvalue weighted by molar-refractivity contribution is 6.30. The van der Waals surface area contributed by atoms with Gasteiger partial charge in [-0.1, -0.05) is 29.8 Å². The van der Waals surface area contributed by atoms with Crippen LogP contribution in [0.2, 0.25) is 5.02 Å². The molecule has 0 saturated carbocycles. The molecule has 0 amide bonds. The van der Waals surface area contributed by atoms with Gasteiger partial charge in [0, 0.05) is 16.7 Å². The first kappa shape index (κ1) is 14.2. The first-order valence-corrected chi connectivity index (χ1v) is 6.63. The Bertz CT molecular complexity index is 555. The van der Waals surface area contributed by atoms with Crippen LogP contribution in [0, 0.1) is 5.82 Å². The molecule has 0 aliphatic heterocycles. The molecule has 0 radical (unpaired) electrons. The van der Waals surface area contributed by atoms with Crippen LogP contribution in [0.15, 0.2) is 42.5 Å². The molecular weight excluding hydrogens is 286 g/mol. The zero-order chi connectivity index (χ0) is 13.8. The Kier molecular flexibility index (Phi) is 4.67. The van der Waals surface area contributed by atoms with Crippen LogP contribution in [0.4, 0.5) is 4.39 Å². The van der Waals surface area contributed by atoms with E-state index in [0.717, 1.165) is 5.56 Å². The minimum atomic E-state index is -0.424. The van der Waals surface area contributed by atoms with E-state index in [4.69, 9.17) is 27.9 Å². The molecule has 0 bridgehead atoms. The van der Waals surface area contributed by atoms with E-state index >= 15 is 0 Å². The van der Waals surface area contributed by atoms with Crippen LogP contribution >= 0.6 is 23.2 Å². The largest absolute Gasteiger partial charge is 0.497 e. The third-order valence-corrected chi connectivity index (χ3v) is 3.51. The highest BCUT2D eigenvalue weighted by Crippen LogP contribution is 2.29. The summed E-state index contributed by atoms with van der Waals surface area (Å²) in [6, 6.07) is 12.1. The fourth-order valence-corrected chi connectivity index (χ4v) is 2.31. The van der Waals surface area contributed by atoms with Crippen LogP contribution < -0.4 is 4.74 Å². The molecular formula is C15H13Cl2FO. The number of rotatable bonds is 4. The van der Waals surface area contributed by atoms with E-state index in [9.17, 15) is 4.39 Å². The maximum Gasteiger partial charge on any atom is 0.131 e. The molecule has 0 aromatic heterocycles. The van der Waals surface area contributed by atoms with Crippen LogP contribution in [-0.4, -0.2) is 7.11 Å². The fraction of sp³-hybridized carbons (Fsp3) is 0.200. The maximum absolute atomic E-state index is 13.9. The number of methoxy groups -OCH3 is 1. The third-order valence-electron chi connectivity index (χ3n) is 2.87. The van der Waals surface area contributed by atoms with E-state index in [2.05, 4.69) is 0 Å². The van der Waals surface area contributed by atoms with Gasteiger partial charge in [0.05, 0.1) is 12.5 Å². The molecule has 2 rings (SSSR count). The monoisotopic (exact) mass is 298 g/mol. The van der Waals surface area contributed by atoms with Gasteiger partial charge in [0.25, 0.3) is 0 Å². The zero-order valence-electron chi connectivity index (χ0n) is 10.4. The van der Waals surface area contributed by atoms with Crippen LogP contribution in [0.5, 0.6) is 5.75 Å². The first-order valence-electron chi connectivity index (χ1n) is 5.82. The number of ether oxygens (including phenoxy) is 1. The molecule has 4 heteroatoms. The second kappa shape index (κ2) is 6.27. The van der Waals surface area contributed by atoms with Crippen LogP contribution in [0.3, 0.4) is 0 Å². The van der Waals surface area contributed by atoms with E-state index in [0.29, 0.717) is 22.8 Å². The van der Waals surface area contributed by atoms with Gasteiger partial charge >= 0.3 is 0 Å². The average Bonchev–Trinajstić information content (AvgIpc) is 2.41. The van der Waals surface area contributed by atoms with Crippen LogP contribution in [-0.2, 0) is 6.42 Å². The molecule has 0 aliphatic rings. The van der Waals surface area contributed by atoms with Crippen molar-refractivity contribution in [2.75, 3.05) is 7.11 Å². The number of alkyl halides is 1. The molecule has 19 heavy (non-hydrogen) atoms. The van der Waals surface area contributed by atoms with Crippen molar-refractivity contribution in [1.82, 2.24) is 0 Å². The number of hydrogen-bond acceptors (Lipinski definition) is 1. The van der Waals surface area contributed by atoms with Crippen molar-refractivity contribution in [2.24, 2.45) is 0 Å². The van der Waals surface area contributed by atoms with Gasteiger partial charge < -0.3 is 4.74 Å². The Morgan fingerprint density at radius 3 is 2.42 bits per heavy atom. The smallest absolute Gasteiger partial charge is 0.131 e. The Morgan fingerprint density at radius 2 is 1.84 bits per heavy atom. The van der Waals surface area contributed by atoms with Crippen LogP contribution in [0.25, 0.3) is 0 Å². The highest BCUT2D eigenvalue weighted by Gasteiger charge is 2.14. The second-order valence-corrected chi connectivity index (χ2v) is 5.15. The Hall–Kier alpha value is -1.25. The normalized spacial score (nSPS) is 12.2. The molecule has 1 nitrogen and oxygen atoms in total. The second-order valence-electron chi connectivity index (χ2n) is 4.19. The molecule has 1 atom stereocenters. The molecule has 0 spiro atoms. The standard InChI is InChI=1S/C15H13Cl2FO/c1-19-12-6-7-13(15(18)9-12)14(17)8-10-2-4-11(16)5-3-10/h2-7,9,14H,8H2,1H3. The van der Waals surface area contributed by atoms with Crippen molar-refractivity contribution in [3.8, 4) is 5.75 Å². The highest BCUT2D eigenvalue weighted by atomic mass is 35.5. The van der Waals surface area contributed by atoms with Gasteiger partial charge in [-0.2, -0.15) is 0 Å². The fourth-order valence-electron chi connectivity index (χ4n) is 1.83. The van der Waals surface area contributed by atoms with Gasteiger partial charge in [0.1, 0.15) is 11.6 Å². The summed E-state index contributed by atoms with van der Waals surface area (Å²) in [5, 5.41) is 0.248. The number of halogens is 3. The van der Waals surface area contributed by atoms with Gasteiger partial charge in [-0.15, -0.1) is 11.6 Å². The number of benzene rings is 2. The molecule has 2 aromatic carbocycles. The summed E-state index contributed by atoms with van der Waals surface area (Å²) in [6.07, 6.45) is 0.544. The summed E-state index contributed by atoms with van der Waals surface area (Å²) < 4.78 is 18.8. The quantitative estimate of drug-likeness (QED) is 0.721. The molecule has 2 aromatic rings. The molecule has 0 N–H and O–H groups in total. The average molecular weight is 299 g/mol. The Morgan fingerprint density at radius 1 is 1.16 bits per heavy atom. The topological polar surface area (TPSA) is 9.23 Å². The first-order chi connectivity index (χ1) is 9.10. The predicted molar refractivity (Wildman–Crippen MR) is 76.7 cm³/mol. The van der Waals surface area contributed by atoms with E-state index in [1.165, 1.54) is 13.2 Å². The summed E-state index contributed by atoms with van der Waals surface area (Å²) in [7, 11) is 1.50. The summed E-state index contributed by atoms with van der Waals surface area (Å²) >= 11 is 12.1. The maximum atomic E-state index is 13.9. The van der Waals surface area contributed by atoms with Gasteiger partial charge in [-0.05, 0) is 30.2 Å². The lowest BCUT2D eigenvalue weighted by atomic mass is 10.0. The lowest BCUT2D eigenvalue weighted by Crippen LogP contribution is -1.99. The SMILES string of the molecule is COc1ccc(C(Cl)Cc2ccc(Cl)cc2)c(F)c1. The zero-order valence-corrected chi connectivity index (χ0v) is 11.9.